The number of amides is 4. The van der Waals surface area contributed by atoms with Gasteiger partial charge in [-0.25, -0.2) is 23.6 Å². The lowest BCUT2D eigenvalue weighted by molar-refractivity contribution is -0.134. The van der Waals surface area contributed by atoms with Crippen molar-refractivity contribution in [3.05, 3.63) is 87.7 Å². The summed E-state index contributed by atoms with van der Waals surface area (Å²) in [6.45, 7) is 4.29. The van der Waals surface area contributed by atoms with E-state index in [0.717, 1.165) is 0 Å². The van der Waals surface area contributed by atoms with Crippen LogP contribution >= 0.6 is 11.6 Å². The van der Waals surface area contributed by atoms with E-state index in [2.05, 4.69) is 10.6 Å². The second-order valence-electron chi connectivity index (χ2n) is 11.8. The Balaban J connectivity index is 1.42. The topological polar surface area (TPSA) is 148 Å². The molecular formula is C34H35ClFN7O7. The van der Waals surface area contributed by atoms with Crippen LogP contribution < -0.4 is 35.6 Å². The molecule has 3 unspecified atom stereocenters. The quantitative estimate of drug-likeness (QED) is 0.274. The van der Waals surface area contributed by atoms with Gasteiger partial charge in [0.05, 0.1) is 49.9 Å². The average Bonchev–Trinajstić information content (AvgIpc) is 3.46. The van der Waals surface area contributed by atoms with Gasteiger partial charge in [0.15, 0.2) is 5.82 Å². The van der Waals surface area contributed by atoms with Crippen LogP contribution in [0.1, 0.15) is 25.7 Å². The van der Waals surface area contributed by atoms with Crippen molar-refractivity contribution in [3.8, 4) is 11.5 Å². The molecule has 2 N–H and O–H groups in total. The molecule has 0 bridgehead atoms. The van der Waals surface area contributed by atoms with E-state index in [1.54, 1.807) is 60.2 Å². The van der Waals surface area contributed by atoms with E-state index >= 15 is 0 Å². The Morgan fingerprint density at radius 3 is 2.40 bits per heavy atom. The zero-order valence-electron chi connectivity index (χ0n) is 27.7. The van der Waals surface area contributed by atoms with Gasteiger partial charge >= 0.3 is 12.1 Å². The molecule has 3 aromatic carbocycles. The van der Waals surface area contributed by atoms with Gasteiger partial charge in [-0.3, -0.25) is 14.5 Å². The van der Waals surface area contributed by atoms with Crippen LogP contribution in [0.3, 0.4) is 0 Å². The molecule has 0 aliphatic carbocycles. The van der Waals surface area contributed by atoms with Gasteiger partial charge < -0.3 is 34.8 Å². The third kappa shape index (κ3) is 6.68. The molecule has 16 heteroatoms. The predicted octanol–water partition coefficient (Wildman–Crippen LogP) is 4.28. The highest BCUT2D eigenvalue weighted by Crippen LogP contribution is 2.37. The Kier molecular flexibility index (Phi) is 9.68. The van der Waals surface area contributed by atoms with Crippen molar-refractivity contribution in [2.45, 2.75) is 32.0 Å². The molecule has 2 fully saturated rings. The van der Waals surface area contributed by atoms with Crippen molar-refractivity contribution in [3.63, 3.8) is 0 Å². The molecule has 4 aromatic rings. The minimum absolute atomic E-state index is 0.196. The minimum atomic E-state index is -0.930. The second-order valence-corrected chi connectivity index (χ2v) is 12.2. The number of nitrogens with one attached hydrogen (secondary N) is 2. The third-order valence-electron chi connectivity index (χ3n) is 8.71. The van der Waals surface area contributed by atoms with Crippen molar-refractivity contribution >= 4 is 51.9 Å². The highest BCUT2D eigenvalue weighted by molar-refractivity contribution is 6.31. The standard InChI is InChI=1S/C34H35ClFN7O7/c1-19(42(27-12-10-24(48-3)18-28(27)49-4)33(46)37-23-8-6-22(36)7-9-23)30-38-26-17-21(35)5-11-25(26)31(44)43(30)41-15-13-40(14-16-41)32(45)29-20(2)50-34(47)39-29/h5-12,17-20,29H,13-16H2,1-4H3,(H,37,46)(H,39,47). The third-order valence-corrected chi connectivity index (χ3v) is 8.94. The van der Waals surface area contributed by atoms with E-state index in [9.17, 15) is 23.6 Å². The molecule has 2 aliphatic heterocycles. The summed E-state index contributed by atoms with van der Waals surface area (Å²) in [5, 5.41) is 7.80. The lowest BCUT2D eigenvalue weighted by atomic mass is 10.1. The molecule has 0 radical (unpaired) electrons. The van der Waals surface area contributed by atoms with Gasteiger partial charge in [0.25, 0.3) is 5.56 Å². The fraction of sp³-hybridized carbons (Fsp3) is 0.324. The van der Waals surface area contributed by atoms with Gasteiger partial charge in [-0.1, -0.05) is 11.6 Å². The number of aromatic nitrogens is 2. The van der Waals surface area contributed by atoms with Crippen molar-refractivity contribution in [2.24, 2.45) is 0 Å². The van der Waals surface area contributed by atoms with Crippen LogP contribution in [-0.4, -0.2) is 85.1 Å². The van der Waals surface area contributed by atoms with Gasteiger partial charge in [-0.15, -0.1) is 0 Å². The van der Waals surface area contributed by atoms with E-state index in [-0.39, 0.29) is 37.9 Å². The molecule has 262 valence electrons. The second kappa shape index (κ2) is 14.1. The number of carbonyl (C=O) groups is 3. The molecule has 3 heterocycles. The molecular weight excluding hydrogens is 673 g/mol. The van der Waals surface area contributed by atoms with Crippen LogP contribution in [0, 0.1) is 5.82 Å². The van der Waals surface area contributed by atoms with E-state index in [1.807, 2.05) is 0 Å². The monoisotopic (exact) mass is 707 g/mol. The number of piperazine rings is 1. The predicted molar refractivity (Wildman–Crippen MR) is 184 cm³/mol. The Hall–Kier alpha value is -5.57. The molecule has 2 aliphatic rings. The van der Waals surface area contributed by atoms with E-state index in [0.29, 0.717) is 38.8 Å². The summed E-state index contributed by atoms with van der Waals surface area (Å²) in [5.41, 5.74) is 0.577. The fourth-order valence-electron chi connectivity index (χ4n) is 6.11. The van der Waals surface area contributed by atoms with Gasteiger partial charge in [0.1, 0.15) is 29.5 Å². The highest BCUT2D eigenvalue weighted by atomic mass is 35.5. The van der Waals surface area contributed by atoms with Crippen LogP contribution in [0.5, 0.6) is 11.5 Å². The van der Waals surface area contributed by atoms with Crippen molar-refractivity contribution < 1.29 is 33.0 Å². The average molecular weight is 708 g/mol. The number of hydrogen-bond donors (Lipinski definition) is 2. The van der Waals surface area contributed by atoms with Crippen molar-refractivity contribution in [1.82, 2.24) is 19.9 Å². The van der Waals surface area contributed by atoms with Gasteiger partial charge in [0.2, 0.25) is 5.91 Å². The Bertz CT molecular complexity index is 2000. The maximum Gasteiger partial charge on any atom is 0.408 e. The number of fused-ring (bicyclic) bond motifs is 1. The number of ether oxygens (including phenoxy) is 3. The zero-order chi connectivity index (χ0) is 35.7. The molecule has 6 rings (SSSR count). The number of anilines is 2. The van der Waals surface area contributed by atoms with Gasteiger partial charge in [0, 0.05) is 29.9 Å². The fourth-order valence-corrected chi connectivity index (χ4v) is 6.28. The molecule has 2 saturated heterocycles. The first kappa shape index (κ1) is 34.3. The van der Waals surface area contributed by atoms with Crippen LogP contribution in [0.25, 0.3) is 10.9 Å². The number of methoxy groups -OCH3 is 2. The Labute approximate surface area is 291 Å². The number of hydrogen-bond acceptors (Lipinski definition) is 9. The van der Waals surface area contributed by atoms with Crippen LogP contribution in [0.4, 0.5) is 25.4 Å². The summed E-state index contributed by atoms with van der Waals surface area (Å²) < 4.78 is 31.3. The van der Waals surface area contributed by atoms with Crippen LogP contribution in [-0.2, 0) is 9.53 Å². The normalized spacial score (nSPS) is 17.9. The number of benzene rings is 3. The largest absolute Gasteiger partial charge is 0.497 e. The van der Waals surface area contributed by atoms with Crippen molar-refractivity contribution in [2.75, 3.05) is 55.6 Å². The number of halogens is 2. The summed E-state index contributed by atoms with van der Waals surface area (Å²) in [7, 11) is 2.96. The lowest BCUT2D eigenvalue weighted by Gasteiger charge is -2.39. The molecule has 50 heavy (non-hydrogen) atoms. The van der Waals surface area contributed by atoms with Gasteiger partial charge in [-0.05, 0) is 68.4 Å². The smallest absolute Gasteiger partial charge is 0.408 e. The summed E-state index contributed by atoms with van der Waals surface area (Å²) in [6.07, 6.45) is -1.27. The Morgan fingerprint density at radius 1 is 1.04 bits per heavy atom. The minimum Gasteiger partial charge on any atom is -0.497 e. The van der Waals surface area contributed by atoms with E-state index < -0.39 is 41.7 Å². The molecule has 0 spiro atoms. The summed E-state index contributed by atoms with van der Waals surface area (Å²) >= 11 is 6.33. The lowest BCUT2D eigenvalue weighted by Crippen LogP contribution is -2.59. The first-order valence-electron chi connectivity index (χ1n) is 15.8. The summed E-state index contributed by atoms with van der Waals surface area (Å²) in [4.78, 5) is 61.4. The number of alkyl carbamates (subject to hydrolysis) is 1. The molecule has 4 amide bonds. The Morgan fingerprint density at radius 2 is 1.76 bits per heavy atom. The number of urea groups is 1. The molecule has 0 saturated carbocycles. The zero-order valence-corrected chi connectivity index (χ0v) is 28.4. The molecule has 1 aromatic heterocycles. The maximum absolute atomic E-state index is 14.3. The van der Waals surface area contributed by atoms with Crippen LogP contribution in [0.15, 0.2) is 65.5 Å². The number of rotatable bonds is 8. The molecule has 3 atom stereocenters. The number of carbonyl (C=O) groups excluding carboxylic acids is 3. The highest BCUT2D eigenvalue weighted by Gasteiger charge is 2.40. The maximum atomic E-state index is 14.3. The number of nitrogens with zero attached hydrogens (tertiary/aromatic N) is 5. The first-order chi connectivity index (χ1) is 24.0. The van der Waals surface area contributed by atoms with Crippen molar-refractivity contribution in [1.29, 1.82) is 0 Å². The molecule has 14 nitrogen and oxygen atoms in total. The summed E-state index contributed by atoms with van der Waals surface area (Å²) in [5.74, 6) is 0.225. The van der Waals surface area contributed by atoms with Gasteiger partial charge in [-0.2, -0.15) is 0 Å². The van der Waals surface area contributed by atoms with E-state index in [1.165, 1.54) is 48.1 Å². The first-order valence-corrected chi connectivity index (χ1v) is 16.2. The van der Waals surface area contributed by atoms with E-state index in [4.69, 9.17) is 30.8 Å². The SMILES string of the molecule is COc1ccc(N(C(=O)Nc2ccc(F)cc2)C(C)c2nc3cc(Cl)ccc3c(=O)n2N2CCN(C(=O)C3NC(=O)OC3C)CC2)c(OC)c1. The number of cyclic esters (lactones) is 1. The summed E-state index contributed by atoms with van der Waals surface area (Å²) in [6, 6.07) is 12.6. The van der Waals surface area contributed by atoms with Crippen LogP contribution in [0.2, 0.25) is 5.02 Å².